The Morgan fingerprint density at radius 3 is 2.40 bits per heavy atom. The van der Waals surface area contributed by atoms with Gasteiger partial charge in [-0.15, -0.1) is 0 Å². The van der Waals surface area contributed by atoms with E-state index in [0.29, 0.717) is 4.31 Å². The van der Waals surface area contributed by atoms with Crippen molar-refractivity contribution in [2.45, 2.75) is 31.3 Å². The van der Waals surface area contributed by atoms with E-state index in [9.17, 15) is 21.6 Å². The third-order valence-electron chi connectivity index (χ3n) is 2.77. The summed E-state index contributed by atoms with van der Waals surface area (Å²) in [6, 6.07) is 4.18. The molecule has 0 aromatic heterocycles. The molecule has 0 aliphatic carbocycles. The Morgan fingerprint density at radius 1 is 1.30 bits per heavy atom. The largest absolute Gasteiger partial charge is 0.402 e. The maximum Gasteiger partial charge on any atom is 0.402 e. The van der Waals surface area contributed by atoms with Gasteiger partial charge in [-0.05, 0) is 31.0 Å². The van der Waals surface area contributed by atoms with E-state index in [0.717, 1.165) is 0 Å². The molecule has 0 aliphatic rings. The van der Waals surface area contributed by atoms with Crippen molar-refractivity contribution in [2.24, 2.45) is 0 Å². The molecule has 0 spiro atoms. The molecule has 0 fully saturated rings. The van der Waals surface area contributed by atoms with E-state index in [1.165, 1.54) is 25.1 Å². The zero-order chi connectivity index (χ0) is 15.6. The second-order valence-electron chi connectivity index (χ2n) is 4.42. The van der Waals surface area contributed by atoms with Crippen LogP contribution in [0.2, 0.25) is 0 Å². The fraction of sp³-hybridized carbons (Fsp3) is 0.500. The zero-order valence-electron chi connectivity index (χ0n) is 11.2. The number of hydrogen-bond donors (Lipinski definition) is 1. The third-order valence-corrected chi connectivity index (χ3v) is 4.76. The van der Waals surface area contributed by atoms with Crippen LogP contribution in [0.15, 0.2) is 23.1 Å². The number of rotatable bonds is 5. The van der Waals surface area contributed by atoms with E-state index in [-0.39, 0.29) is 29.1 Å². The van der Waals surface area contributed by atoms with E-state index >= 15 is 0 Å². The molecule has 0 bridgehead atoms. The molecule has 8 heteroatoms. The van der Waals surface area contributed by atoms with Crippen LogP contribution >= 0.6 is 0 Å². The molecule has 0 saturated carbocycles. The molecule has 0 aliphatic heterocycles. The predicted molar refractivity (Wildman–Crippen MR) is 70.7 cm³/mol. The van der Waals surface area contributed by atoms with Crippen molar-refractivity contribution < 1.29 is 21.6 Å². The van der Waals surface area contributed by atoms with Crippen molar-refractivity contribution in [3.05, 3.63) is 23.8 Å². The Balaban J connectivity index is 3.26. The lowest BCUT2D eigenvalue weighted by molar-refractivity contribution is -0.136. The second kappa shape index (κ2) is 6.01. The maximum atomic E-state index is 12.5. The molecule has 1 rings (SSSR count). The molecular weight excluding hydrogens is 293 g/mol. The molecule has 0 heterocycles. The minimum Gasteiger partial charge on any atom is -0.398 e. The number of nitrogens with two attached hydrogens (primary N) is 1. The summed E-state index contributed by atoms with van der Waals surface area (Å²) in [5.74, 6) is 0. The zero-order valence-corrected chi connectivity index (χ0v) is 12.1. The monoisotopic (exact) mass is 310 g/mol. The van der Waals surface area contributed by atoms with Crippen LogP contribution in [0.25, 0.3) is 0 Å². The number of alkyl halides is 3. The minimum atomic E-state index is -4.59. The van der Waals surface area contributed by atoms with Gasteiger partial charge in [-0.3, -0.25) is 0 Å². The van der Waals surface area contributed by atoms with Gasteiger partial charge < -0.3 is 5.73 Å². The first-order chi connectivity index (χ1) is 9.09. The number of nitrogens with zero attached hydrogens (tertiary/aromatic N) is 1. The molecule has 1 aromatic carbocycles. The molecule has 2 N–H and O–H groups in total. The van der Waals surface area contributed by atoms with Crippen molar-refractivity contribution >= 4 is 15.7 Å². The number of anilines is 1. The quantitative estimate of drug-likeness (QED) is 0.850. The average molecular weight is 310 g/mol. The van der Waals surface area contributed by atoms with Gasteiger partial charge in [0.1, 0.15) is 6.54 Å². The van der Waals surface area contributed by atoms with Crippen LogP contribution < -0.4 is 5.73 Å². The SMILES string of the molecule is CCCN(CC(F)(F)F)S(=O)(=O)c1cccc(N)c1C. The Kier molecular flexibility index (Phi) is 5.04. The first-order valence-electron chi connectivity index (χ1n) is 6.01. The van der Waals surface area contributed by atoms with Crippen LogP contribution in [0.1, 0.15) is 18.9 Å². The number of halogens is 3. The van der Waals surface area contributed by atoms with E-state index in [4.69, 9.17) is 5.73 Å². The first-order valence-corrected chi connectivity index (χ1v) is 7.45. The molecule has 0 atom stereocenters. The molecule has 1 aromatic rings. The highest BCUT2D eigenvalue weighted by Crippen LogP contribution is 2.27. The fourth-order valence-electron chi connectivity index (χ4n) is 1.78. The average Bonchev–Trinajstić information content (AvgIpc) is 2.30. The second-order valence-corrected chi connectivity index (χ2v) is 6.33. The number of nitrogen functional groups attached to an aromatic ring is 1. The van der Waals surface area contributed by atoms with E-state index in [1.807, 2.05) is 0 Å². The molecule has 0 unspecified atom stereocenters. The molecule has 20 heavy (non-hydrogen) atoms. The lowest BCUT2D eigenvalue weighted by Gasteiger charge is -2.24. The molecular formula is C12H17F3N2O2S. The summed E-state index contributed by atoms with van der Waals surface area (Å²) in [4.78, 5) is -0.185. The van der Waals surface area contributed by atoms with Crippen LogP contribution in [0.5, 0.6) is 0 Å². The predicted octanol–water partition coefficient (Wildman–Crippen LogP) is 2.54. The topological polar surface area (TPSA) is 63.4 Å². The van der Waals surface area contributed by atoms with Gasteiger partial charge >= 0.3 is 6.18 Å². The molecule has 114 valence electrons. The Bertz CT molecular complexity index is 571. The Morgan fingerprint density at radius 2 is 1.90 bits per heavy atom. The fourth-order valence-corrected chi connectivity index (χ4v) is 3.56. The molecule has 4 nitrogen and oxygen atoms in total. The maximum absolute atomic E-state index is 12.5. The van der Waals surface area contributed by atoms with Crippen LogP contribution in [0.4, 0.5) is 18.9 Å². The van der Waals surface area contributed by atoms with Crippen molar-refractivity contribution in [2.75, 3.05) is 18.8 Å². The standard InChI is InChI=1S/C12H17F3N2O2S/c1-3-7-17(8-12(13,14)15)20(18,19)11-6-4-5-10(16)9(11)2/h4-6H,3,7-8,16H2,1-2H3. The van der Waals surface area contributed by atoms with Crippen molar-refractivity contribution in [1.29, 1.82) is 0 Å². The number of hydrogen-bond acceptors (Lipinski definition) is 3. The van der Waals surface area contributed by atoms with E-state index in [1.54, 1.807) is 6.92 Å². The smallest absolute Gasteiger partial charge is 0.398 e. The lowest BCUT2D eigenvalue weighted by atomic mass is 10.2. The summed E-state index contributed by atoms with van der Waals surface area (Å²) in [7, 11) is -4.22. The van der Waals surface area contributed by atoms with Gasteiger partial charge in [0.05, 0.1) is 4.90 Å². The summed E-state index contributed by atoms with van der Waals surface area (Å²) in [5, 5.41) is 0. The Hall–Kier alpha value is -1.28. The highest BCUT2D eigenvalue weighted by molar-refractivity contribution is 7.89. The summed E-state index contributed by atoms with van der Waals surface area (Å²) >= 11 is 0. The minimum absolute atomic E-state index is 0.185. The van der Waals surface area contributed by atoms with Gasteiger partial charge in [-0.1, -0.05) is 13.0 Å². The third kappa shape index (κ3) is 3.86. The van der Waals surface area contributed by atoms with Gasteiger partial charge in [0.15, 0.2) is 0 Å². The summed E-state index contributed by atoms with van der Waals surface area (Å²) in [6.07, 6.45) is -4.30. The summed E-state index contributed by atoms with van der Waals surface area (Å²) in [5.41, 5.74) is 6.10. The van der Waals surface area contributed by atoms with Gasteiger partial charge in [-0.25, -0.2) is 8.42 Å². The normalized spacial score (nSPS) is 12.9. The van der Waals surface area contributed by atoms with E-state index in [2.05, 4.69) is 0 Å². The summed E-state index contributed by atoms with van der Waals surface area (Å²) < 4.78 is 62.7. The van der Waals surface area contributed by atoms with Crippen LogP contribution in [0, 0.1) is 6.92 Å². The van der Waals surface area contributed by atoms with Crippen LogP contribution in [-0.4, -0.2) is 32.0 Å². The Labute approximate surface area is 116 Å². The summed E-state index contributed by atoms with van der Waals surface area (Å²) in [6.45, 7) is 1.39. The molecule has 0 radical (unpaired) electrons. The lowest BCUT2D eigenvalue weighted by Crippen LogP contribution is -2.39. The highest BCUT2D eigenvalue weighted by atomic mass is 32.2. The van der Waals surface area contributed by atoms with Gasteiger partial charge in [0.2, 0.25) is 10.0 Å². The molecule has 0 amide bonds. The van der Waals surface area contributed by atoms with Gasteiger partial charge in [0, 0.05) is 12.2 Å². The van der Waals surface area contributed by atoms with E-state index < -0.39 is 22.7 Å². The first kappa shape index (κ1) is 16.8. The number of benzene rings is 1. The van der Waals surface area contributed by atoms with Gasteiger partial charge in [0.25, 0.3) is 0 Å². The van der Waals surface area contributed by atoms with Crippen molar-refractivity contribution in [1.82, 2.24) is 4.31 Å². The number of sulfonamides is 1. The highest BCUT2D eigenvalue weighted by Gasteiger charge is 2.37. The van der Waals surface area contributed by atoms with Gasteiger partial charge in [-0.2, -0.15) is 17.5 Å². The van der Waals surface area contributed by atoms with Crippen LogP contribution in [-0.2, 0) is 10.0 Å². The van der Waals surface area contributed by atoms with Crippen molar-refractivity contribution in [3.8, 4) is 0 Å². The van der Waals surface area contributed by atoms with Crippen molar-refractivity contribution in [3.63, 3.8) is 0 Å². The molecule has 0 saturated heterocycles. The van der Waals surface area contributed by atoms with Crippen LogP contribution in [0.3, 0.4) is 0 Å².